The summed E-state index contributed by atoms with van der Waals surface area (Å²) in [4.78, 5) is 21.6. The molecule has 0 radical (unpaired) electrons. The average molecular weight is 319 g/mol. The van der Waals surface area contributed by atoms with Crippen LogP contribution < -0.4 is 0 Å². The Morgan fingerprint density at radius 2 is 1.14 bits per heavy atom. The Morgan fingerprint density at radius 3 is 1.14 bits per heavy atom. The Kier molecular flexibility index (Phi) is 13.0. The van der Waals surface area contributed by atoms with Gasteiger partial charge in [0.05, 0.1) is 0 Å². The molecule has 4 nitrogen and oxygen atoms in total. The standard InChI is InChI=1S/Mo.H3O4P.Sb.3H/c;1-5(2,3)4;;;;/h;(H3,1,2,3,4);;;;. The van der Waals surface area contributed by atoms with Crippen LogP contribution in [0, 0.1) is 0 Å². The third-order valence-electron chi connectivity index (χ3n) is 0. The van der Waals surface area contributed by atoms with Crippen molar-refractivity contribution in [3.63, 3.8) is 0 Å². The van der Waals surface area contributed by atoms with E-state index in [0.29, 0.717) is 0 Å². The van der Waals surface area contributed by atoms with E-state index in [4.69, 9.17) is 19.2 Å². The summed E-state index contributed by atoms with van der Waals surface area (Å²) in [5.41, 5.74) is 0. The van der Waals surface area contributed by atoms with Gasteiger partial charge in [-0.25, -0.2) is 4.57 Å². The van der Waals surface area contributed by atoms with Crippen LogP contribution in [0.25, 0.3) is 0 Å². The van der Waals surface area contributed by atoms with Crippen LogP contribution in [0.15, 0.2) is 0 Å². The first-order valence-electron chi connectivity index (χ1n) is 0.783. The van der Waals surface area contributed by atoms with Crippen molar-refractivity contribution in [2.45, 2.75) is 0 Å². The molecule has 0 aromatic heterocycles. The summed E-state index contributed by atoms with van der Waals surface area (Å²) in [5, 5.41) is 0. The Bertz CT molecular complexity index is 57.8. The molecule has 0 heterocycles. The molecule has 0 rings (SSSR count). The van der Waals surface area contributed by atoms with Gasteiger partial charge in [0.1, 0.15) is 0 Å². The molecule has 0 aliphatic carbocycles. The minimum absolute atomic E-state index is 0. The summed E-state index contributed by atoms with van der Waals surface area (Å²) in [6.07, 6.45) is 0. The third-order valence-corrected chi connectivity index (χ3v) is 0. The zero-order valence-electron chi connectivity index (χ0n) is 3.31. The van der Waals surface area contributed by atoms with Crippen molar-refractivity contribution in [2.75, 3.05) is 0 Å². The van der Waals surface area contributed by atoms with Crippen LogP contribution in [0.5, 0.6) is 0 Å². The summed E-state index contributed by atoms with van der Waals surface area (Å²) in [5.74, 6) is 0. The van der Waals surface area contributed by atoms with Crippen molar-refractivity contribution in [3.8, 4) is 0 Å². The van der Waals surface area contributed by atoms with Crippen molar-refractivity contribution in [1.82, 2.24) is 0 Å². The van der Waals surface area contributed by atoms with E-state index in [1.807, 2.05) is 0 Å². The average Bonchev–Trinajstić information content (AvgIpc) is 0.722. The predicted octanol–water partition coefficient (Wildman–Crippen LogP) is -2.12. The van der Waals surface area contributed by atoms with E-state index >= 15 is 0 Å². The van der Waals surface area contributed by atoms with Crippen molar-refractivity contribution in [2.24, 2.45) is 0 Å². The molecular formula is H6MoO4PSb. The molecule has 0 fully saturated rings. The van der Waals surface area contributed by atoms with Gasteiger partial charge in [0, 0.05) is 21.1 Å². The van der Waals surface area contributed by atoms with Crippen LogP contribution >= 0.6 is 7.82 Å². The van der Waals surface area contributed by atoms with Gasteiger partial charge in [-0.15, -0.1) is 0 Å². The Balaban J connectivity index is -0.0000000800. The van der Waals surface area contributed by atoms with E-state index in [1.165, 1.54) is 0 Å². The Hall–Kier alpha value is 1.62. The molecule has 0 aliphatic rings. The molecule has 0 atom stereocenters. The molecular weight excluding hydrogens is 313 g/mol. The first kappa shape index (κ1) is 15.8. The molecule has 0 bridgehead atoms. The molecule has 0 unspecified atom stereocenters. The van der Waals surface area contributed by atoms with Gasteiger partial charge in [0.15, 0.2) is 0 Å². The molecule has 0 saturated heterocycles. The molecule has 7 heavy (non-hydrogen) atoms. The van der Waals surface area contributed by atoms with Gasteiger partial charge in [0.2, 0.25) is 0 Å². The zero-order valence-corrected chi connectivity index (χ0v) is 10.3. The minimum atomic E-state index is -4.64. The van der Waals surface area contributed by atoms with Gasteiger partial charge in [-0.2, -0.15) is 0 Å². The van der Waals surface area contributed by atoms with Crippen LogP contribution in [0.4, 0.5) is 0 Å². The second-order valence-corrected chi connectivity index (χ2v) is 1.54. The summed E-state index contributed by atoms with van der Waals surface area (Å²) in [7, 11) is -4.64. The van der Waals surface area contributed by atoms with Crippen LogP contribution in [0.1, 0.15) is 0 Å². The molecule has 0 aliphatic heterocycles. The van der Waals surface area contributed by atoms with Crippen molar-refractivity contribution in [3.05, 3.63) is 0 Å². The SMILES string of the molecule is O=P(O)(O)O.[Mo].[SbH3]. The van der Waals surface area contributed by atoms with Gasteiger partial charge in [-0.3, -0.25) is 0 Å². The first-order valence-corrected chi connectivity index (χ1v) is 2.35. The monoisotopic (exact) mass is 320 g/mol. The van der Waals surface area contributed by atoms with Crippen molar-refractivity contribution in [1.29, 1.82) is 0 Å². The van der Waals surface area contributed by atoms with Crippen molar-refractivity contribution >= 4 is 32.3 Å². The maximum absolute atomic E-state index is 8.88. The molecule has 7 heteroatoms. The normalized spacial score (nSPS) is 8.43. The Labute approximate surface area is 72.3 Å². The molecule has 0 spiro atoms. The van der Waals surface area contributed by atoms with E-state index in [0.717, 1.165) is 0 Å². The van der Waals surface area contributed by atoms with Crippen LogP contribution in [-0.4, -0.2) is 39.1 Å². The van der Waals surface area contributed by atoms with Gasteiger partial charge < -0.3 is 14.7 Å². The second-order valence-electron chi connectivity index (χ2n) is 0.513. The van der Waals surface area contributed by atoms with E-state index in [-0.39, 0.29) is 45.5 Å². The van der Waals surface area contributed by atoms with Gasteiger partial charge in [0.25, 0.3) is 0 Å². The molecule has 0 saturated carbocycles. The van der Waals surface area contributed by atoms with Crippen LogP contribution in [0.3, 0.4) is 0 Å². The second kappa shape index (κ2) is 5.75. The maximum atomic E-state index is 8.88. The molecule has 0 aromatic rings. The van der Waals surface area contributed by atoms with Gasteiger partial charge in [-0.1, -0.05) is 0 Å². The molecule has 0 amide bonds. The topological polar surface area (TPSA) is 77.8 Å². The fourth-order valence-electron chi connectivity index (χ4n) is 0. The zero-order chi connectivity index (χ0) is 4.50. The van der Waals surface area contributed by atoms with E-state index in [9.17, 15) is 0 Å². The number of hydrogen-bond acceptors (Lipinski definition) is 1. The summed E-state index contributed by atoms with van der Waals surface area (Å²) < 4.78 is 8.88. The number of phosphoric acid groups is 1. The fourth-order valence-corrected chi connectivity index (χ4v) is 0. The van der Waals surface area contributed by atoms with E-state index in [2.05, 4.69) is 0 Å². The summed E-state index contributed by atoms with van der Waals surface area (Å²) in [6.45, 7) is 0. The quantitative estimate of drug-likeness (QED) is 0.353. The molecule has 3 N–H and O–H groups in total. The van der Waals surface area contributed by atoms with Crippen LogP contribution in [-0.2, 0) is 25.6 Å². The number of rotatable bonds is 0. The summed E-state index contributed by atoms with van der Waals surface area (Å²) >= 11 is 0. The van der Waals surface area contributed by atoms with E-state index in [1.54, 1.807) is 0 Å². The number of hydrogen-bond donors (Lipinski definition) is 3. The molecule has 46 valence electrons. The Morgan fingerprint density at radius 1 is 1.14 bits per heavy atom. The first-order chi connectivity index (χ1) is 2.00. The van der Waals surface area contributed by atoms with Gasteiger partial charge >= 0.3 is 32.3 Å². The van der Waals surface area contributed by atoms with Crippen molar-refractivity contribution < 1.29 is 40.3 Å². The fraction of sp³-hybridized carbons (Fsp3) is 0. The summed E-state index contributed by atoms with van der Waals surface area (Å²) in [6, 6.07) is 0. The molecule has 0 aromatic carbocycles. The van der Waals surface area contributed by atoms with Crippen LogP contribution in [0.2, 0.25) is 0 Å². The predicted molar refractivity (Wildman–Crippen MR) is 24.2 cm³/mol. The van der Waals surface area contributed by atoms with E-state index < -0.39 is 7.82 Å². The third kappa shape index (κ3) is 91.9. The van der Waals surface area contributed by atoms with Gasteiger partial charge in [-0.05, 0) is 0 Å².